The molecular weight excluding hydrogens is 510 g/mol. The highest BCUT2D eigenvalue weighted by atomic mass is 16.5. The van der Waals surface area contributed by atoms with Crippen LogP contribution in [0.2, 0.25) is 0 Å². The number of β-amino-alcohol motifs (C(OH)–C–C–N with tert-alkyl or cyclic N) is 1. The Kier molecular flexibility index (Phi) is 6.40. The number of carbonyl (C=O) groups excluding carboxylic acids is 1. The maximum atomic E-state index is 12.5. The molecule has 1 fully saturated rings. The summed E-state index contributed by atoms with van der Waals surface area (Å²) in [4.78, 5) is 24.8. The second-order valence-corrected chi connectivity index (χ2v) is 10.2. The van der Waals surface area contributed by atoms with E-state index in [0.29, 0.717) is 40.6 Å². The second-order valence-electron chi connectivity index (χ2n) is 10.2. The number of anilines is 2. The summed E-state index contributed by atoms with van der Waals surface area (Å²) in [7, 11) is 3.88. The molecule has 1 amide bonds. The van der Waals surface area contributed by atoms with Crippen LogP contribution in [0.25, 0.3) is 11.2 Å². The average Bonchev–Trinajstić information content (AvgIpc) is 3.56. The van der Waals surface area contributed by atoms with Crippen molar-refractivity contribution in [3.8, 4) is 11.5 Å². The number of aryl methyl sites for hydroxylation is 1. The highest BCUT2D eigenvalue weighted by Crippen LogP contribution is 2.38. The molecule has 6 rings (SSSR count). The highest BCUT2D eigenvalue weighted by molar-refractivity contribution is 5.89. The monoisotopic (exact) mass is 539 g/mol. The van der Waals surface area contributed by atoms with Gasteiger partial charge in [0.15, 0.2) is 11.5 Å². The van der Waals surface area contributed by atoms with Gasteiger partial charge in [0.2, 0.25) is 5.91 Å². The summed E-state index contributed by atoms with van der Waals surface area (Å²) < 4.78 is 9.44. The molecule has 0 radical (unpaired) electrons. The molecule has 12 heteroatoms. The molecule has 0 bridgehead atoms. The first-order chi connectivity index (χ1) is 19.3. The standard InChI is InChI=1S/C28H29N9O3/c1-19-13-20(6-7-23(19)40-21-8-11-36-24(14-21)29-17-31-36)33-27-26-22(9-12-37(26)32-18-30-27)28(39)15-35(16-28)25(38)5-4-10-34(2)3/h4-9,11-14,17-18,39H,10,15-16H2,1-3H3,(H,30,32,33)/b5-4+. The zero-order valence-electron chi connectivity index (χ0n) is 22.4. The minimum absolute atomic E-state index is 0.121. The van der Waals surface area contributed by atoms with E-state index in [2.05, 4.69) is 25.5 Å². The van der Waals surface area contributed by atoms with Gasteiger partial charge in [0.05, 0.1) is 13.1 Å². The number of nitrogens with one attached hydrogen (secondary N) is 1. The van der Waals surface area contributed by atoms with E-state index in [1.165, 1.54) is 12.7 Å². The number of hydrogen-bond donors (Lipinski definition) is 2. The fraction of sp³-hybridized carbons (Fsp3) is 0.250. The highest BCUT2D eigenvalue weighted by Gasteiger charge is 2.46. The van der Waals surface area contributed by atoms with Crippen molar-refractivity contribution in [3.63, 3.8) is 0 Å². The summed E-state index contributed by atoms with van der Waals surface area (Å²) in [6.07, 6.45) is 9.90. The Labute approximate surface area is 230 Å². The number of carbonyl (C=O) groups is 1. The van der Waals surface area contributed by atoms with Crippen LogP contribution in [-0.4, -0.2) is 83.7 Å². The van der Waals surface area contributed by atoms with Gasteiger partial charge in [-0.1, -0.05) is 6.08 Å². The zero-order chi connectivity index (χ0) is 27.9. The molecule has 1 aromatic carbocycles. The Morgan fingerprint density at radius 2 is 1.88 bits per heavy atom. The van der Waals surface area contributed by atoms with Crippen LogP contribution in [0.15, 0.2) is 73.6 Å². The lowest BCUT2D eigenvalue weighted by molar-refractivity contribution is -0.151. The summed E-state index contributed by atoms with van der Waals surface area (Å²) in [5.74, 6) is 1.79. The predicted octanol–water partition coefficient (Wildman–Crippen LogP) is 2.76. The summed E-state index contributed by atoms with van der Waals surface area (Å²) >= 11 is 0. The van der Waals surface area contributed by atoms with Gasteiger partial charge >= 0.3 is 0 Å². The second kappa shape index (κ2) is 10.1. The van der Waals surface area contributed by atoms with Gasteiger partial charge in [-0.05, 0) is 56.9 Å². The number of likely N-dealkylation sites (N-methyl/N-ethyl adjacent to an activating group) is 1. The topological polar surface area (TPSA) is 125 Å². The van der Waals surface area contributed by atoms with Crippen LogP contribution in [0, 0.1) is 6.92 Å². The molecule has 1 saturated heterocycles. The van der Waals surface area contributed by atoms with Gasteiger partial charge in [0.1, 0.15) is 35.3 Å². The van der Waals surface area contributed by atoms with Crippen molar-refractivity contribution < 1.29 is 14.6 Å². The molecular formula is C28H29N9O3. The molecule has 5 heterocycles. The van der Waals surface area contributed by atoms with Crippen molar-refractivity contribution >= 4 is 28.6 Å². The Hall–Kier alpha value is -4.81. The first-order valence-corrected chi connectivity index (χ1v) is 12.8. The Morgan fingerprint density at radius 3 is 2.67 bits per heavy atom. The third kappa shape index (κ3) is 4.85. The Morgan fingerprint density at radius 1 is 1.10 bits per heavy atom. The molecule has 40 heavy (non-hydrogen) atoms. The van der Waals surface area contributed by atoms with E-state index in [0.717, 1.165) is 11.3 Å². The molecule has 0 unspecified atom stereocenters. The molecule has 0 spiro atoms. The number of aromatic nitrogens is 6. The van der Waals surface area contributed by atoms with Crippen LogP contribution in [0.5, 0.6) is 11.5 Å². The van der Waals surface area contributed by atoms with Crippen molar-refractivity contribution in [1.82, 2.24) is 39.0 Å². The number of ether oxygens (including phenoxy) is 1. The van der Waals surface area contributed by atoms with Crippen LogP contribution in [-0.2, 0) is 10.4 Å². The van der Waals surface area contributed by atoms with Crippen LogP contribution >= 0.6 is 0 Å². The zero-order valence-corrected chi connectivity index (χ0v) is 22.4. The molecule has 2 N–H and O–H groups in total. The van der Waals surface area contributed by atoms with E-state index in [-0.39, 0.29) is 19.0 Å². The summed E-state index contributed by atoms with van der Waals surface area (Å²) in [6, 6.07) is 11.2. The lowest BCUT2D eigenvalue weighted by Gasteiger charge is -2.46. The van der Waals surface area contributed by atoms with Crippen LogP contribution < -0.4 is 10.1 Å². The number of aliphatic hydroxyl groups is 1. The van der Waals surface area contributed by atoms with E-state index in [1.807, 2.05) is 68.4 Å². The van der Waals surface area contributed by atoms with Gasteiger partial charge in [-0.3, -0.25) is 4.79 Å². The van der Waals surface area contributed by atoms with E-state index in [4.69, 9.17) is 4.74 Å². The third-order valence-corrected chi connectivity index (χ3v) is 6.82. The smallest absolute Gasteiger partial charge is 0.246 e. The van der Waals surface area contributed by atoms with Crippen molar-refractivity contribution in [3.05, 3.63) is 84.7 Å². The maximum absolute atomic E-state index is 12.5. The molecule has 1 aliphatic rings. The maximum Gasteiger partial charge on any atom is 0.246 e. The van der Waals surface area contributed by atoms with E-state index >= 15 is 0 Å². The number of hydrogen-bond acceptors (Lipinski definition) is 9. The number of rotatable bonds is 8. The van der Waals surface area contributed by atoms with Crippen molar-refractivity contribution in [1.29, 1.82) is 0 Å². The first kappa shape index (κ1) is 25.5. The summed E-state index contributed by atoms with van der Waals surface area (Å²) in [6.45, 7) is 3.02. The van der Waals surface area contributed by atoms with Crippen molar-refractivity contribution in [2.24, 2.45) is 0 Å². The van der Waals surface area contributed by atoms with Gasteiger partial charge in [-0.15, -0.1) is 0 Å². The lowest BCUT2D eigenvalue weighted by atomic mass is 9.86. The minimum Gasteiger partial charge on any atom is -0.457 e. The molecule has 0 aliphatic carbocycles. The fourth-order valence-corrected chi connectivity index (χ4v) is 4.77. The minimum atomic E-state index is -1.19. The van der Waals surface area contributed by atoms with Gasteiger partial charge in [-0.25, -0.2) is 19.0 Å². The molecule has 0 saturated carbocycles. The summed E-state index contributed by atoms with van der Waals surface area (Å²) in [5, 5.41) is 23.2. The molecule has 204 valence electrons. The lowest BCUT2D eigenvalue weighted by Crippen LogP contribution is -2.60. The predicted molar refractivity (Wildman–Crippen MR) is 149 cm³/mol. The van der Waals surface area contributed by atoms with Gasteiger partial charge in [0, 0.05) is 42.3 Å². The van der Waals surface area contributed by atoms with Gasteiger partial charge < -0.3 is 25.0 Å². The fourth-order valence-electron chi connectivity index (χ4n) is 4.77. The van der Waals surface area contributed by atoms with E-state index in [1.54, 1.807) is 32.4 Å². The van der Waals surface area contributed by atoms with E-state index < -0.39 is 5.60 Å². The van der Waals surface area contributed by atoms with Crippen molar-refractivity contribution in [2.75, 3.05) is 39.0 Å². The molecule has 0 atom stereocenters. The molecule has 12 nitrogen and oxygen atoms in total. The number of nitrogens with zero attached hydrogens (tertiary/aromatic N) is 8. The molecule has 4 aromatic heterocycles. The number of amides is 1. The Bertz CT molecular complexity index is 1730. The molecule has 5 aromatic rings. The quantitative estimate of drug-likeness (QED) is 0.286. The van der Waals surface area contributed by atoms with Gasteiger partial charge in [0.25, 0.3) is 0 Å². The number of likely N-dealkylation sites (tertiary alicyclic amines) is 1. The molecule has 1 aliphatic heterocycles. The Balaban J connectivity index is 1.20. The largest absolute Gasteiger partial charge is 0.457 e. The third-order valence-electron chi connectivity index (χ3n) is 6.82. The van der Waals surface area contributed by atoms with E-state index in [9.17, 15) is 9.90 Å². The first-order valence-electron chi connectivity index (χ1n) is 12.8. The number of pyridine rings is 1. The SMILES string of the molecule is Cc1cc(Nc2ncnn3ccc(C4(O)CN(C(=O)/C=C/CN(C)C)C4)c23)ccc1Oc1ccn2ncnc2c1. The average molecular weight is 540 g/mol. The van der Waals surface area contributed by atoms with Gasteiger partial charge in [-0.2, -0.15) is 10.2 Å². The van der Waals surface area contributed by atoms with Crippen LogP contribution in [0.1, 0.15) is 11.1 Å². The normalized spacial score (nSPS) is 14.8. The van der Waals surface area contributed by atoms with Crippen molar-refractivity contribution in [2.45, 2.75) is 12.5 Å². The number of fused-ring (bicyclic) bond motifs is 2. The number of benzene rings is 1. The van der Waals surface area contributed by atoms with Crippen LogP contribution in [0.4, 0.5) is 11.5 Å². The van der Waals surface area contributed by atoms with Crippen LogP contribution in [0.3, 0.4) is 0 Å². The summed E-state index contributed by atoms with van der Waals surface area (Å²) in [5.41, 5.74) is 2.54.